The minimum atomic E-state index is -5.92. The van der Waals surface area contributed by atoms with E-state index in [2.05, 4.69) is 12.2 Å². The number of fused-ring (bicyclic) bond motifs is 5. The van der Waals surface area contributed by atoms with Crippen LogP contribution in [-0.2, 0) is 9.59 Å². The van der Waals surface area contributed by atoms with Gasteiger partial charge in [0.1, 0.15) is 0 Å². The average Bonchev–Trinajstić information content (AvgIpc) is 3.25. The van der Waals surface area contributed by atoms with Gasteiger partial charge < -0.3 is 10.2 Å². The van der Waals surface area contributed by atoms with Gasteiger partial charge in [-0.05, 0) is 85.7 Å². The highest BCUT2D eigenvalue weighted by Gasteiger charge is 2.67. The molecule has 1 unspecified atom stereocenters. The molecule has 4 amide bonds. The highest BCUT2D eigenvalue weighted by molar-refractivity contribution is 6.02. The Morgan fingerprint density at radius 1 is 0.905 bits per heavy atom. The van der Waals surface area contributed by atoms with Crippen molar-refractivity contribution in [2.24, 2.45) is 34.5 Å². The number of para-hydroxylation sites is 1. The Kier molecular flexibility index (Phi) is 7.62. The first kappa shape index (κ1) is 30.7. The molecule has 0 spiro atoms. The SMILES string of the molecule is CN1C(=O)CC[C@@]2(C)C1CC[C@@H]1[C@@H]3CC[C@H](C(=O)N(C(=O)Nc4ccccc4)C(C(F)(F)F)C(F)(F)F)[C@@]3(C)CC[C@@H]12. The lowest BCUT2D eigenvalue weighted by molar-refractivity contribution is -0.278. The minimum absolute atomic E-state index is 0.0275. The number of nitrogens with zero attached hydrogens (tertiary/aromatic N) is 2. The van der Waals surface area contributed by atoms with Crippen molar-refractivity contribution in [3.63, 3.8) is 0 Å². The number of hydrogen-bond donors (Lipinski definition) is 1. The van der Waals surface area contributed by atoms with Crippen LogP contribution in [0.1, 0.15) is 65.2 Å². The molecule has 1 aromatic rings. The number of halogens is 6. The van der Waals surface area contributed by atoms with Gasteiger partial charge in [0.25, 0.3) is 0 Å². The zero-order valence-electron chi connectivity index (χ0n) is 23.9. The largest absolute Gasteiger partial charge is 0.418 e. The molecule has 3 saturated carbocycles. The van der Waals surface area contributed by atoms with Crippen LogP contribution in [-0.4, -0.2) is 59.1 Å². The number of likely N-dealkylation sites (tertiary alicyclic amines) is 1. The predicted octanol–water partition coefficient (Wildman–Crippen LogP) is 7.02. The lowest BCUT2D eigenvalue weighted by atomic mass is 9.47. The van der Waals surface area contributed by atoms with Crippen LogP contribution in [0.4, 0.5) is 36.8 Å². The molecule has 6 nitrogen and oxygen atoms in total. The first-order valence-corrected chi connectivity index (χ1v) is 14.6. The quantitative estimate of drug-likeness (QED) is 0.379. The average molecular weight is 602 g/mol. The van der Waals surface area contributed by atoms with E-state index in [0.717, 1.165) is 19.3 Å². The number of carbonyl (C=O) groups excluding carboxylic acids is 3. The van der Waals surface area contributed by atoms with Gasteiger partial charge in [-0.2, -0.15) is 26.3 Å². The van der Waals surface area contributed by atoms with Crippen molar-refractivity contribution in [3.05, 3.63) is 30.3 Å². The van der Waals surface area contributed by atoms with E-state index in [4.69, 9.17) is 0 Å². The van der Waals surface area contributed by atoms with Crippen molar-refractivity contribution in [3.8, 4) is 0 Å². The van der Waals surface area contributed by atoms with E-state index in [1.807, 2.05) is 11.9 Å². The maximum atomic E-state index is 14.0. The molecule has 1 aliphatic heterocycles. The fourth-order valence-electron chi connectivity index (χ4n) is 9.25. The van der Waals surface area contributed by atoms with Gasteiger partial charge in [0.05, 0.1) is 0 Å². The van der Waals surface area contributed by atoms with Crippen molar-refractivity contribution in [1.82, 2.24) is 9.80 Å². The van der Waals surface area contributed by atoms with E-state index < -0.39 is 46.6 Å². The van der Waals surface area contributed by atoms with Gasteiger partial charge in [0.2, 0.25) is 17.9 Å². The van der Waals surface area contributed by atoms with Crippen LogP contribution in [0.5, 0.6) is 0 Å². The first-order valence-electron chi connectivity index (χ1n) is 14.6. The summed E-state index contributed by atoms with van der Waals surface area (Å²) in [6.45, 7) is 4.00. The lowest BCUT2D eigenvalue weighted by Crippen LogP contribution is -2.63. The van der Waals surface area contributed by atoms with Gasteiger partial charge in [0.15, 0.2) is 0 Å². The van der Waals surface area contributed by atoms with E-state index in [-0.39, 0.29) is 47.2 Å². The standard InChI is InChI=1S/C30H37F6N3O3/c1-27-15-13-20-18(9-12-22-28(20,2)16-14-23(40)38(22)3)19(27)10-11-21(27)24(41)39(25(29(31,32)33)30(34,35)36)26(42)37-17-7-5-4-6-8-17/h4-8,18-22,25H,9-16H2,1-3H3,(H,37,42)/t18-,19+,20+,21-,22?,27+,28-/m1/s1. The number of anilines is 1. The maximum absolute atomic E-state index is 14.0. The van der Waals surface area contributed by atoms with Crippen LogP contribution in [0.15, 0.2) is 30.3 Å². The molecule has 12 heteroatoms. The molecule has 232 valence electrons. The second kappa shape index (κ2) is 10.4. The van der Waals surface area contributed by atoms with Crippen molar-refractivity contribution >= 4 is 23.5 Å². The third kappa shape index (κ3) is 4.96. The monoisotopic (exact) mass is 601 g/mol. The number of benzene rings is 1. The summed E-state index contributed by atoms with van der Waals surface area (Å²) in [7, 11) is 1.83. The van der Waals surface area contributed by atoms with Gasteiger partial charge in [-0.1, -0.05) is 32.0 Å². The molecule has 4 fully saturated rings. The summed E-state index contributed by atoms with van der Waals surface area (Å²) in [5, 5.41) is 2.08. The molecule has 3 aliphatic carbocycles. The minimum Gasteiger partial charge on any atom is -0.342 e. The predicted molar refractivity (Wildman–Crippen MR) is 142 cm³/mol. The van der Waals surface area contributed by atoms with Crippen LogP contribution >= 0.6 is 0 Å². The number of rotatable bonds is 3. The molecular formula is C30H37F6N3O3. The van der Waals surface area contributed by atoms with Crippen molar-refractivity contribution in [2.45, 2.75) is 89.7 Å². The number of alkyl halides is 6. The Morgan fingerprint density at radius 2 is 1.52 bits per heavy atom. The van der Waals surface area contributed by atoms with E-state index in [1.54, 1.807) is 13.0 Å². The van der Waals surface area contributed by atoms with Gasteiger partial charge in [-0.25, -0.2) is 9.69 Å². The molecule has 4 aliphatic rings. The Labute approximate surface area is 241 Å². The second-order valence-electron chi connectivity index (χ2n) is 13.1. The summed E-state index contributed by atoms with van der Waals surface area (Å²) in [4.78, 5) is 40.7. The molecule has 1 heterocycles. The Hall–Kier alpha value is -2.79. The van der Waals surface area contributed by atoms with E-state index >= 15 is 0 Å². The summed E-state index contributed by atoms with van der Waals surface area (Å²) >= 11 is 0. The van der Waals surface area contributed by atoms with Gasteiger partial charge in [0, 0.05) is 31.1 Å². The van der Waals surface area contributed by atoms with Crippen molar-refractivity contribution in [2.75, 3.05) is 12.4 Å². The molecule has 1 N–H and O–H groups in total. The molecule has 1 saturated heterocycles. The van der Waals surface area contributed by atoms with Crippen LogP contribution in [0.25, 0.3) is 0 Å². The Balaban J connectivity index is 1.46. The number of amides is 4. The molecule has 1 aromatic carbocycles. The Bertz CT molecular complexity index is 1210. The van der Waals surface area contributed by atoms with Crippen LogP contribution in [0.3, 0.4) is 0 Å². The number of urea groups is 1. The molecule has 0 radical (unpaired) electrons. The smallest absolute Gasteiger partial charge is 0.342 e. The fraction of sp³-hybridized carbons (Fsp3) is 0.700. The first-order chi connectivity index (χ1) is 19.5. The van der Waals surface area contributed by atoms with E-state index in [9.17, 15) is 40.7 Å². The summed E-state index contributed by atoms with van der Waals surface area (Å²) < 4.78 is 84.0. The van der Waals surface area contributed by atoms with Crippen LogP contribution in [0.2, 0.25) is 0 Å². The normalized spacial score (nSPS) is 34.9. The molecule has 7 atom stereocenters. The number of nitrogens with one attached hydrogen (secondary N) is 1. The summed E-state index contributed by atoms with van der Waals surface area (Å²) in [5.74, 6) is -2.21. The summed E-state index contributed by atoms with van der Waals surface area (Å²) in [6.07, 6.45) is -7.42. The van der Waals surface area contributed by atoms with Crippen LogP contribution < -0.4 is 5.32 Å². The van der Waals surface area contributed by atoms with E-state index in [0.29, 0.717) is 25.7 Å². The van der Waals surface area contributed by atoms with Gasteiger partial charge in [-0.15, -0.1) is 0 Å². The number of imide groups is 1. The van der Waals surface area contributed by atoms with E-state index in [1.165, 1.54) is 24.3 Å². The summed E-state index contributed by atoms with van der Waals surface area (Å²) in [5.41, 5.74) is -1.03. The van der Waals surface area contributed by atoms with Crippen LogP contribution in [0, 0.1) is 34.5 Å². The fourth-order valence-corrected chi connectivity index (χ4v) is 9.25. The number of hydrogen-bond acceptors (Lipinski definition) is 3. The third-order valence-electron chi connectivity index (χ3n) is 11.2. The molecule has 0 bridgehead atoms. The third-order valence-corrected chi connectivity index (χ3v) is 11.2. The van der Waals surface area contributed by atoms with Gasteiger partial charge in [-0.3, -0.25) is 9.59 Å². The number of carbonyl (C=O) groups is 3. The highest BCUT2D eigenvalue weighted by atomic mass is 19.4. The van der Waals surface area contributed by atoms with Gasteiger partial charge >= 0.3 is 18.4 Å². The summed E-state index contributed by atoms with van der Waals surface area (Å²) in [6, 6.07) is 1.18. The maximum Gasteiger partial charge on any atom is 0.418 e. The zero-order chi connectivity index (χ0) is 30.8. The highest BCUT2D eigenvalue weighted by Crippen LogP contribution is 2.66. The molecule has 42 heavy (non-hydrogen) atoms. The molecule has 5 rings (SSSR count). The number of piperidine rings is 1. The second-order valence-corrected chi connectivity index (χ2v) is 13.1. The zero-order valence-corrected chi connectivity index (χ0v) is 23.9. The van der Waals surface area contributed by atoms with Crippen molar-refractivity contribution < 1.29 is 40.7 Å². The topological polar surface area (TPSA) is 69.7 Å². The lowest BCUT2D eigenvalue weighted by Gasteiger charge is -2.61. The van der Waals surface area contributed by atoms with Crippen molar-refractivity contribution in [1.29, 1.82) is 0 Å². The Morgan fingerprint density at radius 3 is 2.14 bits per heavy atom. The molecular weight excluding hydrogens is 564 g/mol. The molecule has 0 aromatic heterocycles.